The second kappa shape index (κ2) is 10.6. The Hall–Kier alpha value is -3.39. The van der Waals surface area contributed by atoms with E-state index in [4.69, 9.17) is 9.47 Å². The van der Waals surface area contributed by atoms with E-state index < -0.39 is 5.82 Å². The van der Waals surface area contributed by atoms with Crippen LogP contribution in [0.15, 0.2) is 48.5 Å². The molecule has 0 spiro atoms. The molecule has 2 aromatic carbocycles. The molecule has 0 aromatic heterocycles. The molecule has 0 unspecified atom stereocenters. The zero-order chi connectivity index (χ0) is 22.2. The Morgan fingerprint density at radius 2 is 1.84 bits per heavy atom. The molecule has 2 aromatic rings. The quantitative estimate of drug-likeness (QED) is 0.688. The van der Waals surface area contributed by atoms with Gasteiger partial charge >= 0.3 is 0 Å². The lowest BCUT2D eigenvalue weighted by atomic mass is 10.1. The van der Waals surface area contributed by atoms with Gasteiger partial charge in [0.05, 0.1) is 20.8 Å². The van der Waals surface area contributed by atoms with Gasteiger partial charge in [-0.05, 0) is 36.4 Å². The summed E-state index contributed by atoms with van der Waals surface area (Å²) < 4.78 is 23.7. The number of hydrogen-bond acceptors (Lipinski definition) is 5. The molecule has 0 saturated carbocycles. The van der Waals surface area contributed by atoms with E-state index in [0.29, 0.717) is 43.4 Å². The van der Waals surface area contributed by atoms with E-state index in [0.717, 1.165) is 5.56 Å². The first-order valence-corrected chi connectivity index (χ1v) is 9.95. The summed E-state index contributed by atoms with van der Waals surface area (Å²) in [5, 5.41) is 2.69. The second-order valence-electron chi connectivity index (χ2n) is 7.10. The van der Waals surface area contributed by atoms with E-state index in [1.165, 1.54) is 18.2 Å². The predicted octanol–water partition coefficient (Wildman–Crippen LogP) is 2.64. The van der Waals surface area contributed by atoms with Crippen LogP contribution in [0.2, 0.25) is 0 Å². The summed E-state index contributed by atoms with van der Waals surface area (Å²) in [5.41, 5.74) is 1.21. The first-order chi connectivity index (χ1) is 15.0. The van der Waals surface area contributed by atoms with Gasteiger partial charge in [0.2, 0.25) is 11.8 Å². The van der Waals surface area contributed by atoms with Crippen LogP contribution >= 0.6 is 0 Å². The van der Waals surface area contributed by atoms with Crippen molar-refractivity contribution in [1.29, 1.82) is 0 Å². The van der Waals surface area contributed by atoms with Crippen LogP contribution in [0, 0.1) is 5.82 Å². The van der Waals surface area contributed by atoms with Gasteiger partial charge in [0.15, 0.2) is 0 Å². The largest absolute Gasteiger partial charge is 0.497 e. The van der Waals surface area contributed by atoms with E-state index in [1.807, 2.05) is 11.0 Å². The monoisotopic (exact) mass is 427 g/mol. The first-order valence-electron chi connectivity index (χ1n) is 9.95. The summed E-state index contributed by atoms with van der Waals surface area (Å²) in [5.74, 6) is 0.597. The molecule has 0 atom stereocenters. The fourth-order valence-corrected chi connectivity index (χ4v) is 3.32. The van der Waals surface area contributed by atoms with Crippen molar-refractivity contribution >= 4 is 23.6 Å². The van der Waals surface area contributed by atoms with E-state index in [-0.39, 0.29) is 18.4 Å². The smallest absolute Gasteiger partial charge is 0.246 e. The van der Waals surface area contributed by atoms with Crippen LogP contribution in [0.25, 0.3) is 6.08 Å². The van der Waals surface area contributed by atoms with Gasteiger partial charge in [-0.25, -0.2) is 4.39 Å². The van der Waals surface area contributed by atoms with Crippen molar-refractivity contribution in [2.75, 3.05) is 52.3 Å². The minimum absolute atomic E-state index is 0.0956. The number of carbonyl (C=O) groups is 2. The van der Waals surface area contributed by atoms with E-state index in [1.54, 1.807) is 49.5 Å². The zero-order valence-corrected chi connectivity index (χ0v) is 17.6. The molecule has 0 aliphatic carbocycles. The number of hydrogen-bond donors (Lipinski definition) is 1. The average Bonchev–Trinajstić information content (AvgIpc) is 2.77. The molecule has 0 bridgehead atoms. The Labute approximate surface area is 181 Å². The number of rotatable bonds is 7. The molecular formula is C23H26FN3O4. The highest BCUT2D eigenvalue weighted by atomic mass is 19.1. The second-order valence-corrected chi connectivity index (χ2v) is 7.10. The highest BCUT2D eigenvalue weighted by Gasteiger charge is 2.21. The van der Waals surface area contributed by atoms with Crippen LogP contribution in [0.3, 0.4) is 0 Å². The summed E-state index contributed by atoms with van der Waals surface area (Å²) in [4.78, 5) is 28.4. The van der Waals surface area contributed by atoms with E-state index in [9.17, 15) is 14.0 Å². The average molecular weight is 427 g/mol. The third kappa shape index (κ3) is 6.29. The Bertz CT molecular complexity index is 956. The van der Waals surface area contributed by atoms with E-state index in [2.05, 4.69) is 5.32 Å². The fraction of sp³-hybridized carbons (Fsp3) is 0.304. The highest BCUT2D eigenvalue weighted by Crippen LogP contribution is 2.25. The number of piperazine rings is 1. The molecule has 1 saturated heterocycles. The van der Waals surface area contributed by atoms with Crippen molar-refractivity contribution in [3.05, 3.63) is 59.9 Å². The van der Waals surface area contributed by atoms with Crippen LogP contribution in [0.5, 0.6) is 11.5 Å². The molecule has 1 aliphatic rings. The van der Waals surface area contributed by atoms with Crippen LogP contribution in [0.4, 0.5) is 10.1 Å². The molecule has 31 heavy (non-hydrogen) atoms. The minimum atomic E-state index is -0.398. The third-order valence-corrected chi connectivity index (χ3v) is 5.01. The van der Waals surface area contributed by atoms with Gasteiger partial charge in [0, 0.05) is 49.6 Å². The van der Waals surface area contributed by atoms with Crippen molar-refractivity contribution < 1.29 is 23.5 Å². The van der Waals surface area contributed by atoms with Crippen molar-refractivity contribution in [2.24, 2.45) is 0 Å². The number of carbonyl (C=O) groups excluding carboxylic acids is 2. The highest BCUT2D eigenvalue weighted by molar-refractivity contribution is 5.93. The van der Waals surface area contributed by atoms with Gasteiger partial charge in [0.1, 0.15) is 17.3 Å². The number of anilines is 1. The molecule has 2 amide bonds. The molecule has 1 N–H and O–H groups in total. The standard InChI is InChI=1S/C23H26FN3O4/c1-30-20-8-6-17(21(15-20)31-2)7-9-23(29)27-12-10-26(11-13-27)16-22(28)25-19-5-3-4-18(24)14-19/h3-9,14-15H,10-13,16H2,1-2H3,(H,25,28). The minimum Gasteiger partial charge on any atom is -0.497 e. The zero-order valence-electron chi connectivity index (χ0n) is 17.6. The van der Waals surface area contributed by atoms with Crippen molar-refractivity contribution in [2.45, 2.75) is 0 Å². The lowest BCUT2D eigenvalue weighted by Crippen LogP contribution is -2.50. The first kappa shape index (κ1) is 22.3. The lowest BCUT2D eigenvalue weighted by Gasteiger charge is -2.33. The van der Waals surface area contributed by atoms with Gasteiger partial charge in [-0.3, -0.25) is 14.5 Å². The maximum atomic E-state index is 13.2. The van der Waals surface area contributed by atoms with Crippen LogP contribution < -0.4 is 14.8 Å². The van der Waals surface area contributed by atoms with Crippen molar-refractivity contribution in [1.82, 2.24) is 9.80 Å². The van der Waals surface area contributed by atoms with Gasteiger partial charge in [0.25, 0.3) is 0 Å². The number of ether oxygens (including phenoxy) is 2. The van der Waals surface area contributed by atoms with Crippen LogP contribution in [-0.4, -0.2) is 68.6 Å². The Balaban J connectivity index is 1.48. The molecule has 8 heteroatoms. The normalized spacial score (nSPS) is 14.5. The number of methoxy groups -OCH3 is 2. The summed E-state index contributed by atoms with van der Waals surface area (Å²) in [6.45, 7) is 2.41. The van der Waals surface area contributed by atoms with Gasteiger partial charge in [-0.15, -0.1) is 0 Å². The maximum Gasteiger partial charge on any atom is 0.246 e. The SMILES string of the molecule is COc1ccc(C=CC(=O)N2CCN(CC(=O)Nc3cccc(F)c3)CC2)c(OC)c1. The summed E-state index contributed by atoms with van der Waals surface area (Å²) in [6, 6.07) is 11.2. The summed E-state index contributed by atoms with van der Waals surface area (Å²) in [7, 11) is 3.15. The van der Waals surface area contributed by atoms with E-state index >= 15 is 0 Å². The third-order valence-electron chi connectivity index (χ3n) is 5.01. The maximum absolute atomic E-state index is 13.2. The Morgan fingerprint density at radius 3 is 2.52 bits per heavy atom. The summed E-state index contributed by atoms with van der Waals surface area (Å²) in [6.07, 6.45) is 3.25. The molecule has 0 radical (unpaired) electrons. The number of halogens is 1. The molecule has 1 aliphatic heterocycles. The molecule has 1 heterocycles. The van der Waals surface area contributed by atoms with Crippen molar-refractivity contribution in [3.63, 3.8) is 0 Å². The molecule has 164 valence electrons. The predicted molar refractivity (Wildman–Crippen MR) is 117 cm³/mol. The van der Waals surface area contributed by atoms with Crippen molar-refractivity contribution in [3.8, 4) is 11.5 Å². The fourth-order valence-electron chi connectivity index (χ4n) is 3.32. The number of benzene rings is 2. The number of nitrogens with zero attached hydrogens (tertiary/aromatic N) is 2. The van der Waals surface area contributed by atoms with Gasteiger partial charge in [-0.1, -0.05) is 6.07 Å². The lowest BCUT2D eigenvalue weighted by molar-refractivity contribution is -0.127. The van der Waals surface area contributed by atoms with Crippen LogP contribution in [0.1, 0.15) is 5.56 Å². The van der Waals surface area contributed by atoms with Crippen LogP contribution in [-0.2, 0) is 9.59 Å². The molecule has 3 rings (SSSR count). The topological polar surface area (TPSA) is 71.1 Å². The molecular weight excluding hydrogens is 401 g/mol. The van der Waals surface area contributed by atoms with Gasteiger partial charge in [-0.2, -0.15) is 0 Å². The Morgan fingerprint density at radius 1 is 1.06 bits per heavy atom. The molecule has 1 fully saturated rings. The number of amides is 2. The summed E-state index contributed by atoms with van der Waals surface area (Å²) >= 11 is 0. The van der Waals surface area contributed by atoms with Gasteiger partial charge < -0.3 is 19.7 Å². The molecule has 7 nitrogen and oxygen atoms in total. The number of nitrogens with one attached hydrogen (secondary N) is 1. The Kier molecular flexibility index (Phi) is 7.61.